The zero-order valence-corrected chi connectivity index (χ0v) is 22.0. The molecule has 0 amide bonds. The van der Waals surface area contributed by atoms with Crippen LogP contribution in [0.4, 0.5) is 4.39 Å². The van der Waals surface area contributed by atoms with Crippen molar-refractivity contribution in [2.75, 3.05) is 0 Å². The number of benzene rings is 2. The molecule has 0 aliphatic heterocycles. The van der Waals surface area contributed by atoms with Gasteiger partial charge in [-0.3, -0.25) is 0 Å². The molecule has 0 radical (unpaired) electrons. The van der Waals surface area contributed by atoms with Crippen LogP contribution in [0.3, 0.4) is 0 Å². The van der Waals surface area contributed by atoms with Gasteiger partial charge in [0.1, 0.15) is 17.0 Å². The van der Waals surface area contributed by atoms with Gasteiger partial charge in [0, 0.05) is 23.5 Å². The standard InChI is InChI=1S/C27H23Cl2FN2O4S/c28-18-2-1-3-19(29)23(18)24-17(26(36-32-24)14-5-6-14)12-35-16-7-4-13(8-16)9-22-31-25-20(30)10-15(27(33)34)11-21(25)37-22/h1-3,10-11,13-14,16H,4-9,12H2,(H,33,34)/t13-,16?/m1/s1. The molecule has 192 valence electrons. The Kier molecular flexibility index (Phi) is 6.69. The summed E-state index contributed by atoms with van der Waals surface area (Å²) in [4.78, 5) is 15.7. The molecular weight excluding hydrogens is 538 g/mol. The maximum atomic E-state index is 14.4. The number of halogens is 3. The minimum absolute atomic E-state index is 0.0636. The molecule has 6 rings (SSSR count). The van der Waals surface area contributed by atoms with Crippen molar-refractivity contribution in [3.8, 4) is 11.3 Å². The Morgan fingerprint density at radius 1 is 1.19 bits per heavy atom. The first kappa shape index (κ1) is 24.8. The van der Waals surface area contributed by atoms with Crippen molar-refractivity contribution in [1.29, 1.82) is 0 Å². The van der Waals surface area contributed by atoms with Crippen LogP contribution in [0.25, 0.3) is 21.5 Å². The highest BCUT2D eigenvalue weighted by atomic mass is 35.5. The molecule has 0 spiro atoms. The molecule has 1 unspecified atom stereocenters. The van der Waals surface area contributed by atoms with Crippen molar-refractivity contribution in [2.45, 2.75) is 57.2 Å². The molecule has 10 heteroatoms. The van der Waals surface area contributed by atoms with Gasteiger partial charge in [-0.25, -0.2) is 14.2 Å². The monoisotopic (exact) mass is 560 g/mol. The molecule has 2 aliphatic rings. The molecule has 2 heterocycles. The lowest BCUT2D eigenvalue weighted by Gasteiger charge is -2.13. The first-order valence-electron chi connectivity index (χ1n) is 12.2. The van der Waals surface area contributed by atoms with Crippen LogP contribution < -0.4 is 0 Å². The second kappa shape index (κ2) is 9.98. The van der Waals surface area contributed by atoms with E-state index >= 15 is 0 Å². The number of carboxylic acids is 1. The van der Waals surface area contributed by atoms with E-state index in [0.717, 1.165) is 54.5 Å². The van der Waals surface area contributed by atoms with Crippen LogP contribution in [0.1, 0.15) is 64.7 Å². The zero-order chi connectivity index (χ0) is 25.7. The second-order valence-electron chi connectivity index (χ2n) is 9.78. The maximum Gasteiger partial charge on any atom is 0.335 e. The van der Waals surface area contributed by atoms with E-state index < -0.39 is 11.8 Å². The van der Waals surface area contributed by atoms with Gasteiger partial charge >= 0.3 is 5.97 Å². The van der Waals surface area contributed by atoms with E-state index in [9.17, 15) is 14.3 Å². The Morgan fingerprint density at radius 3 is 2.70 bits per heavy atom. The van der Waals surface area contributed by atoms with E-state index in [-0.39, 0.29) is 17.2 Å². The summed E-state index contributed by atoms with van der Waals surface area (Å²) in [5.74, 6) is -0.171. The Bertz CT molecular complexity index is 1480. The fourth-order valence-corrected chi connectivity index (χ4v) is 6.82. The van der Waals surface area contributed by atoms with Crippen molar-refractivity contribution in [3.05, 3.63) is 68.1 Å². The normalized spacial score (nSPS) is 19.6. The highest BCUT2D eigenvalue weighted by Gasteiger charge is 2.34. The minimum Gasteiger partial charge on any atom is -0.478 e. The number of thiazole rings is 1. The highest BCUT2D eigenvalue weighted by molar-refractivity contribution is 7.18. The smallest absolute Gasteiger partial charge is 0.335 e. The van der Waals surface area contributed by atoms with Gasteiger partial charge in [-0.1, -0.05) is 34.4 Å². The quantitative estimate of drug-likeness (QED) is 0.235. The summed E-state index contributed by atoms with van der Waals surface area (Å²) < 4.78 is 27.0. The van der Waals surface area contributed by atoms with Crippen LogP contribution in [-0.2, 0) is 17.8 Å². The predicted octanol–water partition coefficient (Wildman–Crippen LogP) is 7.90. The number of rotatable bonds is 8. The van der Waals surface area contributed by atoms with Gasteiger partial charge in [0.2, 0.25) is 0 Å². The summed E-state index contributed by atoms with van der Waals surface area (Å²) in [5, 5.41) is 15.4. The van der Waals surface area contributed by atoms with Gasteiger partial charge in [0.25, 0.3) is 0 Å². The maximum absolute atomic E-state index is 14.4. The van der Waals surface area contributed by atoms with Gasteiger partial charge < -0.3 is 14.4 Å². The molecule has 4 aromatic rings. The van der Waals surface area contributed by atoms with Crippen LogP contribution in [0.2, 0.25) is 10.0 Å². The summed E-state index contributed by atoms with van der Waals surface area (Å²) >= 11 is 14.3. The lowest BCUT2D eigenvalue weighted by atomic mass is 10.0. The van der Waals surface area contributed by atoms with Crippen LogP contribution in [0.5, 0.6) is 0 Å². The van der Waals surface area contributed by atoms with Crippen molar-refractivity contribution in [1.82, 2.24) is 10.1 Å². The van der Waals surface area contributed by atoms with Crippen molar-refractivity contribution < 1.29 is 23.6 Å². The van der Waals surface area contributed by atoms with E-state index in [2.05, 4.69) is 10.1 Å². The van der Waals surface area contributed by atoms with E-state index in [1.807, 2.05) is 0 Å². The van der Waals surface area contributed by atoms with Crippen LogP contribution in [-0.4, -0.2) is 27.3 Å². The summed E-state index contributed by atoms with van der Waals surface area (Å²) in [6.45, 7) is 0.369. The molecule has 2 aromatic carbocycles. The fraction of sp³-hybridized carbons (Fsp3) is 0.370. The minimum atomic E-state index is -1.15. The Balaban J connectivity index is 1.14. The van der Waals surface area contributed by atoms with Crippen molar-refractivity contribution in [3.63, 3.8) is 0 Å². The van der Waals surface area contributed by atoms with E-state index in [0.29, 0.717) is 50.9 Å². The first-order valence-corrected chi connectivity index (χ1v) is 13.8. The number of hydrogen-bond donors (Lipinski definition) is 1. The Morgan fingerprint density at radius 2 is 1.97 bits per heavy atom. The number of aromatic nitrogens is 2. The van der Waals surface area contributed by atoms with Crippen molar-refractivity contribution in [2.24, 2.45) is 5.92 Å². The molecule has 0 bridgehead atoms. The van der Waals surface area contributed by atoms with E-state index in [1.165, 1.54) is 17.4 Å². The number of carbonyl (C=O) groups is 1. The average molecular weight is 561 g/mol. The molecule has 1 N–H and O–H groups in total. The first-order chi connectivity index (χ1) is 17.9. The molecule has 6 nitrogen and oxygen atoms in total. The lowest BCUT2D eigenvalue weighted by molar-refractivity contribution is 0.0424. The Hall–Kier alpha value is -2.52. The summed E-state index contributed by atoms with van der Waals surface area (Å²) in [6.07, 6.45) is 5.68. The molecule has 2 aliphatic carbocycles. The predicted molar refractivity (Wildman–Crippen MR) is 140 cm³/mol. The third kappa shape index (κ3) is 5.00. The van der Waals surface area contributed by atoms with Gasteiger partial charge in [0.15, 0.2) is 5.82 Å². The van der Waals surface area contributed by atoms with Crippen LogP contribution in [0.15, 0.2) is 34.9 Å². The molecule has 2 fully saturated rings. The molecular formula is C27H23Cl2FN2O4S. The number of nitrogens with zero attached hydrogens (tertiary/aromatic N) is 2. The van der Waals surface area contributed by atoms with Gasteiger partial charge in [-0.15, -0.1) is 11.3 Å². The summed E-state index contributed by atoms with van der Waals surface area (Å²) in [7, 11) is 0. The molecule has 2 aromatic heterocycles. The lowest BCUT2D eigenvalue weighted by Crippen LogP contribution is -2.10. The van der Waals surface area contributed by atoms with Gasteiger partial charge in [-0.2, -0.15) is 0 Å². The number of carboxylic acid groups (broad SMARTS) is 1. The molecule has 0 saturated heterocycles. The largest absolute Gasteiger partial charge is 0.478 e. The number of aromatic carboxylic acids is 1. The van der Waals surface area contributed by atoms with Gasteiger partial charge in [-0.05, 0) is 62.3 Å². The number of ether oxygens (including phenoxy) is 1. The van der Waals surface area contributed by atoms with Crippen LogP contribution in [0, 0.1) is 11.7 Å². The van der Waals surface area contributed by atoms with E-state index in [4.69, 9.17) is 32.5 Å². The Labute approximate surface area is 226 Å². The molecule has 37 heavy (non-hydrogen) atoms. The summed E-state index contributed by atoms with van der Waals surface area (Å²) in [6, 6.07) is 7.89. The summed E-state index contributed by atoms with van der Waals surface area (Å²) in [5.41, 5.74) is 2.40. The number of fused-ring (bicyclic) bond motifs is 1. The second-order valence-corrected chi connectivity index (χ2v) is 11.7. The SMILES string of the molecule is O=C(O)c1cc(F)c2nc(C[C@@H]3CCC(OCc4c(-c5c(Cl)cccc5Cl)noc4C4CC4)C3)sc2c1. The molecule has 2 atom stereocenters. The van der Waals surface area contributed by atoms with Crippen LogP contribution >= 0.6 is 34.5 Å². The van der Waals surface area contributed by atoms with E-state index in [1.54, 1.807) is 18.2 Å². The number of hydrogen-bond acceptors (Lipinski definition) is 6. The van der Waals surface area contributed by atoms with Gasteiger partial charge in [0.05, 0.1) is 38.0 Å². The molecule has 2 saturated carbocycles. The van der Waals surface area contributed by atoms with Crippen molar-refractivity contribution >= 4 is 50.7 Å². The topological polar surface area (TPSA) is 85.5 Å². The average Bonchev–Trinajstić information content (AvgIpc) is 3.26. The zero-order valence-electron chi connectivity index (χ0n) is 19.7. The third-order valence-corrected chi connectivity index (χ3v) is 8.78. The highest BCUT2D eigenvalue weighted by Crippen LogP contribution is 2.46. The fourth-order valence-electron chi connectivity index (χ4n) is 5.11. The third-order valence-electron chi connectivity index (χ3n) is 7.13.